The molecule has 0 aliphatic heterocycles. The van der Waals surface area contributed by atoms with Crippen molar-refractivity contribution in [2.45, 2.75) is 26.9 Å². The number of pyridine rings is 1. The van der Waals surface area contributed by atoms with E-state index in [1.54, 1.807) is 30.8 Å². The van der Waals surface area contributed by atoms with Gasteiger partial charge in [0.05, 0.1) is 17.1 Å². The fourth-order valence-corrected chi connectivity index (χ4v) is 1.94. The van der Waals surface area contributed by atoms with Crippen LogP contribution in [0.3, 0.4) is 0 Å². The van der Waals surface area contributed by atoms with Crippen LogP contribution in [0.25, 0.3) is 0 Å². The summed E-state index contributed by atoms with van der Waals surface area (Å²) in [4.78, 5) is 27.9. The predicted octanol–water partition coefficient (Wildman–Crippen LogP) is 1.62. The monoisotopic (exact) mass is 302 g/mol. The number of nitrogens with zero attached hydrogens (tertiary/aromatic N) is 3. The average molecular weight is 302 g/mol. The Morgan fingerprint density at radius 3 is 2.59 bits per heavy atom. The number of aromatic nitrogens is 3. The van der Waals surface area contributed by atoms with Gasteiger partial charge in [-0.05, 0) is 32.9 Å². The number of ether oxygens (including phenoxy) is 1. The number of aryl methyl sites for hydroxylation is 2. The van der Waals surface area contributed by atoms with Crippen molar-refractivity contribution in [3.8, 4) is 0 Å². The van der Waals surface area contributed by atoms with Crippen LogP contribution in [0.15, 0.2) is 24.4 Å². The third kappa shape index (κ3) is 3.30. The van der Waals surface area contributed by atoms with E-state index in [9.17, 15) is 9.59 Å². The number of hydrogen-bond donors (Lipinski definition) is 1. The van der Waals surface area contributed by atoms with Gasteiger partial charge in [0, 0.05) is 13.2 Å². The quantitative estimate of drug-likeness (QED) is 0.867. The Hall–Kier alpha value is -2.70. The highest BCUT2D eigenvalue weighted by atomic mass is 16.5. The topological polar surface area (TPSA) is 86.1 Å². The summed E-state index contributed by atoms with van der Waals surface area (Å²) in [5.74, 6) is -1.05. The molecular formula is C15H18N4O3. The SMILES string of the molecule is Cc1nn(C)c(C)c1NC(=O)[C@@H](C)OC(=O)c1ccccn1. The Kier molecular flexibility index (Phi) is 4.55. The molecule has 0 aromatic carbocycles. The van der Waals surface area contributed by atoms with Crippen LogP contribution in [0, 0.1) is 13.8 Å². The molecule has 2 rings (SSSR count). The van der Waals surface area contributed by atoms with E-state index in [1.165, 1.54) is 19.2 Å². The minimum absolute atomic E-state index is 0.163. The molecule has 0 unspecified atom stereocenters. The molecule has 2 aromatic rings. The van der Waals surface area contributed by atoms with Gasteiger partial charge in [0.15, 0.2) is 6.10 Å². The van der Waals surface area contributed by atoms with Crippen LogP contribution in [0.4, 0.5) is 5.69 Å². The fraction of sp³-hybridized carbons (Fsp3) is 0.333. The smallest absolute Gasteiger partial charge is 0.357 e. The second-order valence-corrected chi connectivity index (χ2v) is 4.92. The number of carbonyl (C=O) groups excluding carboxylic acids is 2. The van der Waals surface area contributed by atoms with E-state index in [0.29, 0.717) is 11.4 Å². The van der Waals surface area contributed by atoms with Gasteiger partial charge < -0.3 is 10.1 Å². The lowest BCUT2D eigenvalue weighted by Crippen LogP contribution is -2.30. The molecule has 0 saturated heterocycles. The van der Waals surface area contributed by atoms with Gasteiger partial charge >= 0.3 is 5.97 Å². The normalized spacial score (nSPS) is 11.8. The third-order valence-corrected chi connectivity index (χ3v) is 3.28. The Morgan fingerprint density at radius 1 is 1.32 bits per heavy atom. The maximum absolute atomic E-state index is 12.1. The van der Waals surface area contributed by atoms with E-state index in [1.807, 2.05) is 6.92 Å². The number of rotatable bonds is 4. The Balaban J connectivity index is 2.02. The lowest BCUT2D eigenvalue weighted by molar-refractivity contribution is -0.123. The first kappa shape index (κ1) is 15.7. The van der Waals surface area contributed by atoms with Crippen LogP contribution in [0.5, 0.6) is 0 Å². The molecule has 0 fully saturated rings. The summed E-state index contributed by atoms with van der Waals surface area (Å²) in [6, 6.07) is 4.90. The largest absolute Gasteiger partial charge is 0.448 e. The van der Waals surface area contributed by atoms with Crippen LogP contribution >= 0.6 is 0 Å². The molecular weight excluding hydrogens is 284 g/mol. The molecule has 116 valence electrons. The number of nitrogens with one attached hydrogen (secondary N) is 1. The lowest BCUT2D eigenvalue weighted by atomic mass is 10.3. The molecule has 0 saturated carbocycles. The van der Waals surface area contributed by atoms with E-state index >= 15 is 0 Å². The number of carbonyl (C=O) groups is 2. The van der Waals surface area contributed by atoms with Gasteiger partial charge in [-0.2, -0.15) is 5.10 Å². The van der Waals surface area contributed by atoms with Gasteiger partial charge in [-0.1, -0.05) is 6.07 Å². The highest BCUT2D eigenvalue weighted by Crippen LogP contribution is 2.18. The molecule has 1 amide bonds. The second kappa shape index (κ2) is 6.38. The molecule has 2 aromatic heterocycles. The van der Waals surface area contributed by atoms with Gasteiger partial charge in [-0.15, -0.1) is 0 Å². The highest BCUT2D eigenvalue weighted by Gasteiger charge is 2.21. The summed E-state index contributed by atoms with van der Waals surface area (Å²) < 4.78 is 6.79. The van der Waals surface area contributed by atoms with E-state index in [2.05, 4.69) is 15.4 Å². The maximum atomic E-state index is 12.1. The van der Waals surface area contributed by atoms with Gasteiger partial charge in [0.25, 0.3) is 5.91 Å². The minimum atomic E-state index is -0.937. The van der Waals surface area contributed by atoms with Crippen LogP contribution in [-0.4, -0.2) is 32.7 Å². The first-order chi connectivity index (χ1) is 10.4. The molecule has 7 nitrogen and oxygen atoms in total. The highest BCUT2D eigenvalue weighted by molar-refractivity contribution is 5.97. The molecule has 7 heteroatoms. The van der Waals surface area contributed by atoms with Crippen LogP contribution in [0.1, 0.15) is 28.8 Å². The maximum Gasteiger partial charge on any atom is 0.357 e. The van der Waals surface area contributed by atoms with E-state index in [0.717, 1.165) is 5.69 Å². The molecule has 22 heavy (non-hydrogen) atoms. The van der Waals surface area contributed by atoms with Crippen molar-refractivity contribution < 1.29 is 14.3 Å². The Labute approximate surface area is 128 Å². The van der Waals surface area contributed by atoms with Crippen LogP contribution in [0.2, 0.25) is 0 Å². The predicted molar refractivity (Wildman–Crippen MR) is 80.4 cm³/mol. The number of hydrogen-bond acceptors (Lipinski definition) is 5. The van der Waals surface area contributed by atoms with Crippen LogP contribution in [-0.2, 0) is 16.6 Å². The molecule has 0 radical (unpaired) electrons. The molecule has 2 heterocycles. The Morgan fingerprint density at radius 2 is 2.05 bits per heavy atom. The van der Waals surface area contributed by atoms with Crippen molar-refractivity contribution in [2.24, 2.45) is 7.05 Å². The number of anilines is 1. The van der Waals surface area contributed by atoms with Gasteiger partial charge in [-0.3, -0.25) is 9.48 Å². The minimum Gasteiger partial charge on any atom is -0.448 e. The summed E-state index contributed by atoms with van der Waals surface area (Å²) in [5.41, 5.74) is 2.33. The van der Waals surface area contributed by atoms with Crippen molar-refractivity contribution in [2.75, 3.05) is 5.32 Å². The zero-order valence-corrected chi connectivity index (χ0v) is 13.0. The summed E-state index contributed by atoms with van der Waals surface area (Å²) in [7, 11) is 1.79. The molecule has 0 aliphatic rings. The van der Waals surface area contributed by atoms with Crippen molar-refractivity contribution in [3.63, 3.8) is 0 Å². The first-order valence-corrected chi connectivity index (χ1v) is 6.83. The summed E-state index contributed by atoms with van der Waals surface area (Å²) in [5, 5.41) is 6.95. The zero-order chi connectivity index (χ0) is 16.3. The molecule has 1 N–H and O–H groups in total. The van der Waals surface area contributed by atoms with Gasteiger partial charge in [-0.25, -0.2) is 9.78 Å². The second-order valence-electron chi connectivity index (χ2n) is 4.92. The van der Waals surface area contributed by atoms with E-state index in [-0.39, 0.29) is 5.69 Å². The fourth-order valence-electron chi connectivity index (χ4n) is 1.94. The molecule has 1 atom stereocenters. The lowest BCUT2D eigenvalue weighted by Gasteiger charge is -2.13. The third-order valence-electron chi connectivity index (χ3n) is 3.28. The van der Waals surface area contributed by atoms with Gasteiger partial charge in [0.1, 0.15) is 5.69 Å². The number of amides is 1. The summed E-state index contributed by atoms with van der Waals surface area (Å²) in [6.07, 6.45) is 0.553. The first-order valence-electron chi connectivity index (χ1n) is 6.83. The van der Waals surface area contributed by atoms with Crippen LogP contribution < -0.4 is 5.32 Å². The molecule has 0 bridgehead atoms. The average Bonchev–Trinajstić information content (AvgIpc) is 2.74. The summed E-state index contributed by atoms with van der Waals surface area (Å²) >= 11 is 0. The van der Waals surface area contributed by atoms with Crippen molar-refractivity contribution in [1.82, 2.24) is 14.8 Å². The van der Waals surface area contributed by atoms with E-state index < -0.39 is 18.0 Å². The molecule has 0 aliphatic carbocycles. The van der Waals surface area contributed by atoms with Gasteiger partial charge in [0.2, 0.25) is 0 Å². The van der Waals surface area contributed by atoms with E-state index in [4.69, 9.17) is 4.74 Å². The Bertz CT molecular complexity index is 694. The standard InChI is InChI=1S/C15H18N4O3/c1-9-13(10(2)19(4)18-9)17-14(20)11(3)22-15(21)12-7-5-6-8-16-12/h5-8,11H,1-4H3,(H,17,20)/t11-/m1/s1. The van der Waals surface area contributed by atoms with Crippen molar-refractivity contribution in [1.29, 1.82) is 0 Å². The van der Waals surface area contributed by atoms with Crippen molar-refractivity contribution in [3.05, 3.63) is 41.5 Å². The van der Waals surface area contributed by atoms with Crippen molar-refractivity contribution >= 4 is 17.6 Å². The zero-order valence-electron chi connectivity index (χ0n) is 13.0. The summed E-state index contributed by atoms with van der Waals surface area (Å²) in [6.45, 7) is 5.16. The number of esters is 1. The molecule has 0 spiro atoms.